The molecule has 0 amide bonds. The van der Waals surface area contributed by atoms with Gasteiger partial charge in [0.15, 0.2) is 5.79 Å². The molecule has 26 heavy (non-hydrogen) atoms. The summed E-state index contributed by atoms with van der Waals surface area (Å²) < 4.78 is 39.7. The van der Waals surface area contributed by atoms with E-state index in [1.165, 1.54) is 19.3 Å². The van der Waals surface area contributed by atoms with E-state index in [0.717, 1.165) is 18.4 Å². The Morgan fingerprint density at radius 3 is 2.62 bits per heavy atom. The number of anilines is 1. The minimum Gasteiger partial charge on any atom is -0.344 e. The fourth-order valence-electron chi connectivity index (χ4n) is 3.56. The molecule has 1 aliphatic carbocycles. The smallest absolute Gasteiger partial charge is 0.239 e. The van der Waals surface area contributed by atoms with E-state index in [2.05, 4.69) is 11.6 Å². The van der Waals surface area contributed by atoms with Gasteiger partial charge in [0.05, 0.1) is 24.2 Å². The molecule has 0 bridgehead atoms. The highest BCUT2D eigenvalue weighted by atomic mass is 32.2. The Labute approximate surface area is 156 Å². The molecule has 1 aromatic carbocycles. The van der Waals surface area contributed by atoms with Crippen molar-refractivity contribution in [3.05, 3.63) is 42.0 Å². The molecule has 1 aliphatic heterocycles. The molecule has 1 N–H and O–H groups in total. The molecule has 0 radical (unpaired) electrons. The number of hydrogen-bond acceptors (Lipinski definition) is 4. The van der Waals surface area contributed by atoms with E-state index in [0.29, 0.717) is 31.7 Å². The summed E-state index contributed by atoms with van der Waals surface area (Å²) >= 11 is 0. The molecule has 1 unspecified atom stereocenters. The summed E-state index contributed by atoms with van der Waals surface area (Å²) in [4.78, 5) is 0. The number of ether oxygens (including phenoxy) is 2. The third kappa shape index (κ3) is 4.67. The monoisotopic (exact) mass is 379 g/mol. The Hall–Kier alpha value is -1.37. The number of hydrogen-bond donors (Lipinski definition) is 1. The zero-order valence-corrected chi connectivity index (χ0v) is 16.3. The van der Waals surface area contributed by atoms with Gasteiger partial charge in [-0.25, -0.2) is 8.42 Å². The van der Waals surface area contributed by atoms with Crippen LogP contribution in [0.1, 0.15) is 51.0 Å². The maximum atomic E-state index is 12.8. The fraction of sp³-hybridized carbons (Fsp3) is 0.600. The van der Waals surface area contributed by atoms with Crippen LogP contribution in [0.5, 0.6) is 0 Å². The molecule has 1 aromatic rings. The third-order valence-electron chi connectivity index (χ3n) is 5.09. The lowest BCUT2D eigenvalue weighted by atomic mass is 10.0. The number of sulfonamides is 1. The van der Waals surface area contributed by atoms with Crippen LogP contribution in [0.25, 0.3) is 0 Å². The quantitative estimate of drug-likeness (QED) is 0.547. The third-order valence-corrected chi connectivity index (χ3v) is 6.78. The average Bonchev–Trinajstić information content (AvgIpc) is 3.08. The summed E-state index contributed by atoms with van der Waals surface area (Å²) in [6, 6.07) is 7.70. The number of nitrogens with one attached hydrogen (secondary N) is 1. The van der Waals surface area contributed by atoms with Crippen LogP contribution < -0.4 is 4.72 Å². The summed E-state index contributed by atoms with van der Waals surface area (Å²) in [5, 5.41) is -0.561. The maximum Gasteiger partial charge on any atom is 0.239 e. The van der Waals surface area contributed by atoms with Crippen LogP contribution >= 0.6 is 0 Å². The van der Waals surface area contributed by atoms with Gasteiger partial charge in [0.25, 0.3) is 0 Å². The van der Waals surface area contributed by atoms with Crippen molar-refractivity contribution in [2.75, 3.05) is 17.9 Å². The molecule has 6 heteroatoms. The Bertz CT molecular complexity index is 723. The van der Waals surface area contributed by atoms with Crippen LogP contribution in [0, 0.1) is 0 Å². The van der Waals surface area contributed by atoms with E-state index in [1.807, 2.05) is 24.3 Å². The second-order valence-electron chi connectivity index (χ2n) is 7.06. The summed E-state index contributed by atoms with van der Waals surface area (Å²) in [5.41, 5.74) is 1.76. The first-order valence-corrected chi connectivity index (χ1v) is 11.2. The molecule has 1 fully saturated rings. The Morgan fingerprint density at radius 1 is 1.15 bits per heavy atom. The molecule has 2 aliphatic rings. The first-order chi connectivity index (χ1) is 12.5. The SMILES string of the molecule is CCCCCCc1ccccc1NS(=O)(=O)C1C=CC2(CC1)OCCO2. The molecule has 0 saturated carbocycles. The lowest BCUT2D eigenvalue weighted by Gasteiger charge is -2.30. The fourth-order valence-corrected chi connectivity index (χ4v) is 4.93. The number of unbranched alkanes of at least 4 members (excludes halogenated alkanes) is 3. The van der Waals surface area contributed by atoms with E-state index in [9.17, 15) is 8.42 Å². The Balaban J connectivity index is 1.66. The van der Waals surface area contributed by atoms with Crippen molar-refractivity contribution >= 4 is 15.7 Å². The van der Waals surface area contributed by atoms with Crippen LogP contribution in [-0.2, 0) is 25.9 Å². The van der Waals surface area contributed by atoms with Gasteiger partial charge in [0.2, 0.25) is 10.0 Å². The van der Waals surface area contributed by atoms with Gasteiger partial charge in [-0.3, -0.25) is 4.72 Å². The van der Waals surface area contributed by atoms with Gasteiger partial charge in [0, 0.05) is 6.42 Å². The minimum absolute atomic E-state index is 0.491. The molecule has 3 rings (SSSR count). The highest BCUT2D eigenvalue weighted by molar-refractivity contribution is 7.93. The summed E-state index contributed by atoms with van der Waals surface area (Å²) in [6.45, 7) is 3.31. The van der Waals surface area contributed by atoms with E-state index in [4.69, 9.17) is 9.47 Å². The second-order valence-corrected chi connectivity index (χ2v) is 8.96. The van der Waals surface area contributed by atoms with Gasteiger partial charge in [-0.05, 0) is 37.0 Å². The first kappa shape index (κ1) is 19.4. The lowest BCUT2D eigenvalue weighted by Crippen LogP contribution is -2.37. The van der Waals surface area contributed by atoms with Crippen molar-refractivity contribution in [1.29, 1.82) is 0 Å². The van der Waals surface area contributed by atoms with Gasteiger partial charge in [0.1, 0.15) is 0 Å². The van der Waals surface area contributed by atoms with Gasteiger partial charge in [-0.2, -0.15) is 0 Å². The lowest BCUT2D eigenvalue weighted by molar-refractivity contribution is -0.124. The van der Waals surface area contributed by atoms with Crippen LogP contribution in [-0.4, -0.2) is 32.7 Å². The highest BCUT2D eigenvalue weighted by Crippen LogP contribution is 2.33. The molecular weight excluding hydrogens is 350 g/mol. The van der Waals surface area contributed by atoms with E-state index < -0.39 is 21.1 Å². The summed E-state index contributed by atoms with van der Waals surface area (Å²) in [6.07, 6.45) is 10.1. The predicted octanol–water partition coefficient (Wildman–Crippen LogP) is 4.01. The number of para-hydroxylation sites is 1. The predicted molar refractivity (Wildman–Crippen MR) is 104 cm³/mol. The maximum absolute atomic E-state index is 12.8. The normalized spacial score (nSPS) is 22.0. The Kier molecular flexibility index (Phi) is 6.37. The molecule has 0 aromatic heterocycles. The zero-order chi connectivity index (χ0) is 18.5. The number of benzene rings is 1. The molecule has 1 atom stereocenters. The van der Waals surface area contributed by atoms with Crippen molar-refractivity contribution in [3.8, 4) is 0 Å². The molecule has 1 spiro atoms. The second kappa shape index (κ2) is 8.55. The number of aryl methyl sites for hydroxylation is 1. The van der Waals surface area contributed by atoms with Crippen molar-refractivity contribution < 1.29 is 17.9 Å². The van der Waals surface area contributed by atoms with Gasteiger partial charge in [-0.15, -0.1) is 0 Å². The van der Waals surface area contributed by atoms with Crippen molar-refractivity contribution in [2.45, 2.75) is 62.9 Å². The van der Waals surface area contributed by atoms with Crippen molar-refractivity contribution in [2.24, 2.45) is 0 Å². The van der Waals surface area contributed by atoms with Crippen LogP contribution in [0.15, 0.2) is 36.4 Å². The van der Waals surface area contributed by atoms with Crippen molar-refractivity contribution in [3.63, 3.8) is 0 Å². The molecule has 1 heterocycles. The first-order valence-electron chi connectivity index (χ1n) is 9.61. The zero-order valence-electron chi connectivity index (χ0n) is 15.4. The van der Waals surface area contributed by atoms with Gasteiger partial charge in [-0.1, -0.05) is 50.5 Å². The largest absolute Gasteiger partial charge is 0.344 e. The summed E-state index contributed by atoms with van der Waals surface area (Å²) in [7, 11) is -3.49. The standard InChI is InChI=1S/C20H29NO4S/c1-2-3-4-5-8-17-9-6-7-10-19(17)21-26(22,23)18-11-13-20(14-12-18)24-15-16-25-20/h6-7,9-11,13,18,21H,2-5,8,12,14-16H2,1H3. The van der Waals surface area contributed by atoms with E-state index >= 15 is 0 Å². The van der Waals surface area contributed by atoms with Crippen LogP contribution in [0.4, 0.5) is 5.69 Å². The van der Waals surface area contributed by atoms with Crippen LogP contribution in [0.2, 0.25) is 0 Å². The molecule has 1 saturated heterocycles. The highest BCUT2D eigenvalue weighted by Gasteiger charge is 2.39. The van der Waals surface area contributed by atoms with Crippen LogP contribution in [0.3, 0.4) is 0 Å². The van der Waals surface area contributed by atoms with Gasteiger partial charge >= 0.3 is 0 Å². The van der Waals surface area contributed by atoms with E-state index in [1.54, 1.807) is 12.2 Å². The topological polar surface area (TPSA) is 64.6 Å². The van der Waals surface area contributed by atoms with E-state index in [-0.39, 0.29) is 0 Å². The number of rotatable bonds is 8. The van der Waals surface area contributed by atoms with Crippen molar-refractivity contribution in [1.82, 2.24) is 0 Å². The molecule has 144 valence electrons. The summed E-state index contributed by atoms with van der Waals surface area (Å²) in [5.74, 6) is -0.705. The Morgan fingerprint density at radius 2 is 1.92 bits per heavy atom. The molecular formula is C20H29NO4S. The average molecular weight is 380 g/mol. The minimum atomic E-state index is -3.49. The van der Waals surface area contributed by atoms with Gasteiger partial charge < -0.3 is 9.47 Å². The molecule has 5 nitrogen and oxygen atoms in total.